The van der Waals surface area contributed by atoms with E-state index in [4.69, 9.17) is 4.74 Å². The zero-order chi connectivity index (χ0) is 13.0. The number of hydrogen-bond acceptors (Lipinski definition) is 3. The first-order chi connectivity index (χ1) is 8.67. The fraction of sp³-hybridized carbons (Fsp3) is 0.929. The van der Waals surface area contributed by atoms with Crippen LogP contribution in [0.4, 0.5) is 0 Å². The van der Waals surface area contributed by atoms with Gasteiger partial charge in [0.05, 0.1) is 6.61 Å². The molecule has 0 aromatic carbocycles. The number of hydrogen-bond donors (Lipinski definition) is 2. The molecule has 0 aromatic rings. The van der Waals surface area contributed by atoms with E-state index in [1.807, 2.05) is 0 Å². The highest BCUT2D eigenvalue weighted by Crippen LogP contribution is 2.32. The topological polar surface area (TPSA) is 50.4 Å². The first-order valence-electron chi connectivity index (χ1n) is 7.19. The average Bonchev–Trinajstić information content (AvgIpc) is 2.67. The van der Waals surface area contributed by atoms with Crippen LogP contribution < -0.4 is 10.6 Å². The molecule has 2 rings (SSSR count). The van der Waals surface area contributed by atoms with Gasteiger partial charge in [-0.15, -0.1) is 0 Å². The Morgan fingerprint density at radius 1 is 1.39 bits per heavy atom. The van der Waals surface area contributed by atoms with Gasteiger partial charge < -0.3 is 15.4 Å². The summed E-state index contributed by atoms with van der Waals surface area (Å²) >= 11 is 0. The number of ether oxygens (including phenoxy) is 1. The molecular weight excluding hydrogens is 228 g/mol. The van der Waals surface area contributed by atoms with E-state index in [1.54, 1.807) is 7.11 Å². The van der Waals surface area contributed by atoms with Crippen LogP contribution in [0.25, 0.3) is 0 Å². The number of carbonyl (C=O) groups is 1. The van der Waals surface area contributed by atoms with Gasteiger partial charge in [-0.05, 0) is 37.5 Å². The largest absolute Gasteiger partial charge is 0.384 e. The van der Waals surface area contributed by atoms with Crippen LogP contribution in [-0.2, 0) is 9.53 Å². The van der Waals surface area contributed by atoms with Crippen molar-refractivity contribution in [3.63, 3.8) is 0 Å². The molecule has 2 bridgehead atoms. The molecule has 1 amide bonds. The smallest absolute Gasteiger partial charge is 0.220 e. The third-order valence-electron chi connectivity index (χ3n) is 4.14. The number of methoxy groups -OCH3 is 1. The van der Waals surface area contributed by atoms with Crippen molar-refractivity contribution < 1.29 is 9.53 Å². The average molecular weight is 254 g/mol. The second kappa shape index (κ2) is 6.53. The number of amides is 1. The molecule has 0 radical (unpaired) electrons. The Bertz CT molecular complexity index is 271. The van der Waals surface area contributed by atoms with Gasteiger partial charge in [0.15, 0.2) is 0 Å². The van der Waals surface area contributed by atoms with Crippen LogP contribution in [-0.4, -0.2) is 38.3 Å². The molecule has 0 aromatic heterocycles. The Morgan fingerprint density at radius 2 is 2.06 bits per heavy atom. The summed E-state index contributed by atoms with van der Waals surface area (Å²) in [7, 11) is 1.70. The van der Waals surface area contributed by atoms with Crippen molar-refractivity contribution in [3.8, 4) is 0 Å². The van der Waals surface area contributed by atoms with Crippen LogP contribution in [0.15, 0.2) is 0 Å². The zero-order valence-corrected chi connectivity index (χ0v) is 11.6. The summed E-state index contributed by atoms with van der Waals surface area (Å²) in [6.45, 7) is 3.52. The summed E-state index contributed by atoms with van der Waals surface area (Å²) in [6, 6.07) is 1.35. The molecule has 2 heterocycles. The molecule has 2 aliphatic heterocycles. The molecule has 3 atom stereocenters. The summed E-state index contributed by atoms with van der Waals surface area (Å²) < 4.78 is 5.06. The lowest BCUT2D eigenvalue weighted by Gasteiger charge is -2.28. The lowest BCUT2D eigenvalue weighted by Crippen LogP contribution is -2.40. The maximum atomic E-state index is 11.9. The Hall–Kier alpha value is -0.610. The van der Waals surface area contributed by atoms with E-state index < -0.39 is 0 Å². The fourth-order valence-electron chi connectivity index (χ4n) is 3.31. The van der Waals surface area contributed by atoms with Gasteiger partial charge >= 0.3 is 0 Å². The number of carbonyl (C=O) groups excluding carboxylic acids is 1. The summed E-state index contributed by atoms with van der Waals surface area (Å²) in [5.74, 6) is 1.19. The highest BCUT2D eigenvalue weighted by molar-refractivity contribution is 5.76. The van der Waals surface area contributed by atoms with Crippen LogP contribution in [0.1, 0.15) is 39.0 Å². The van der Waals surface area contributed by atoms with Crippen molar-refractivity contribution in [2.45, 2.75) is 51.1 Å². The van der Waals surface area contributed by atoms with Crippen LogP contribution in [0.5, 0.6) is 0 Å². The van der Waals surface area contributed by atoms with Crippen LogP contribution in [0.3, 0.4) is 0 Å². The highest BCUT2D eigenvalue weighted by atomic mass is 16.5. The molecule has 4 heteroatoms. The van der Waals surface area contributed by atoms with Crippen molar-refractivity contribution in [2.24, 2.45) is 11.8 Å². The lowest BCUT2D eigenvalue weighted by molar-refractivity contribution is -0.122. The van der Waals surface area contributed by atoms with Crippen molar-refractivity contribution >= 4 is 5.91 Å². The van der Waals surface area contributed by atoms with Crippen molar-refractivity contribution in [1.82, 2.24) is 10.6 Å². The van der Waals surface area contributed by atoms with E-state index in [0.29, 0.717) is 36.9 Å². The predicted octanol–water partition coefficient (Wildman–Crippen LogP) is 1.31. The van der Waals surface area contributed by atoms with Crippen molar-refractivity contribution in [3.05, 3.63) is 0 Å². The number of fused-ring (bicyclic) bond motifs is 2. The van der Waals surface area contributed by atoms with E-state index in [9.17, 15) is 4.79 Å². The Kier molecular flexibility index (Phi) is 5.01. The summed E-state index contributed by atoms with van der Waals surface area (Å²) in [4.78, 5) is 11.9. The number of rotatable bonds is 6. The van der Waals surface area contributed by atoms with Gasteiger partial charge in [0, 0.05) is 32.2 Å². The minimum atomic E-state index is 0.212. The van der Waals surface area contributed by atoms with Gasteiger partial charge in [-0.2, -0.15) is 0 Å². The molecular formula is C14H26N2O2. The molecule has 2 aliphatic rings. The van der Waals surface area contributed by atoms with Gasteiger partial charge in [0.25, 0.3) is 0 Å². The predicted molar refractivity (Wildman–Crippen MR) is 71.3 cm³/mol. The Labute approximate surface area is 110 Å². The summed E-state index contributed by atoms with van der Waals surface area (Å²) in [6.07, 6.45) is 5.66. The molecule has 2 N–H and O–H groups in total. The molecule has 2 saturated heterocycles. The molecule has 18 heavy (non-hydrogen) atoms. The molecule has 3 unspecified atom stereocenters. The fourth-order valence-corrected chi connectivity index (χ4v) is 3.31. The second-order valence-electron chi connectivity index (χ2n) is 6.04. The van der Waals surface area contributed by atoms with Gasteiger partial charge in [0.1, 0.15) is 0 Å². The molecule has 2 fully saturated rings. The molecule has 0 aliphatic carbocycles. The normalized spacial score (nSPS) is 32.2. The van der Waals surface area contributed by atoms with E-state index in [2.05, 4.69) is 17.6 Å². The maximum Gasteiger partial charge on any atom is 0.220 e. The van der Waals surface area contributed by atoms with Crippen LogP contribution in [0, 0.1) is 11.8 Å². The van der Waals surface area contributed by atoms with Gasteiger partial charge in [0.2, 0.25) is 5.91 Å². The summed E-state index contributed by atoms with van der Waals surface area (Å²) in [5, 5.41) is 6.64. The van der Waals surface area contributed by atoms with Crippen molar-refractivity contribution in [1.29, 1.82) is 0 Å². The molecule has 4 nitrogen and oxygen atoms in total. The van der Waals surface area contributed by atoms with Gasteiger partial charge in [-0.25, -0.2) is 0 Å². The SMILES string of the molecule is COCC(C)CNC(=O)CC1CC2CCC(C1)N2. The molecule has 0 saturated carbocycles. The van der Waals surface area contributed by atoms with E-state index in [1.165, 1.54) is 25.7 Å². The Morgan fingerprint density at radius 3 is 2.67 bits per heavy atom. The maximum absolute atomic E-state index is 11.9. The minimum Gasteiger partial charge on any atom is -0.384 e. The molecule has 0 spiro atoms. The first kappa shape index (κ1) is 13.8. The standard InChI is InChI=1S/C14H26N2O2/c1-10(9-18-2)8-15-14(17)7-11-5-12-3-4-13(6-11)16-12/h10-13,16H,3-9H2,1-2H3,(H,15,17). The van der Waals surface area contributed by atoms with Gasteiger partial charge in [-0.1, -0.05) is 6.92 Å². The minimum absolute atomic E-state index is 0.212. The second-order valence-corrected chi connectivity index (χ2v) is 6.04. The number of piperidine rings is 1. The molecule has 104 valence electrons. The van der Waals surface area contributed by atoms with E-state index >= 15 is 0 Å². The summed E-state index contributed by atoms with van der Waals surface area (Å²) in [5.41, 5.74) is 0. The third-order valence-corrected chi connectivity index (χ3v) is 4.14. The van der Waals surface area contributed by atoms with Crippen LogP contribution in [0.2, 0.25) is 0 Å². The quantitative estimate of drug-likeness (QED) is 0.751. The van der Waals surface area contributed by atoms with Crippen molar-refractivity contribution in [2.75, 3.05) is 20.3 Å². The lowest BCUT2D eigenvalue weighted by atomic mass is 9.89. The van der Waals surface area contributed by atoms with Gasteiger partial charge in [-0.3, -0.25) is 4.79 Å². The van der Waals surface area contributed by atoms with Crippen LogP contribution >= 0.6 is 0 Å². The first-order valence-corrected chi connectivity index (χ1v) is 7.19. The number of nitrogens with one attached hydrogen (secondary N) is 2. The Balaban J connectivity index is 1.65. The third kappa shape index (κ3) is 3.95. The van der Waals surface area contributed by atoms with E-state index in [-0.39, 0.29) is 5.91 Å². The van der Waals surface area contributed by atoms with E-state index in [0.717, 1.165) is 6.54 Å². The highest BCUT2D eigenvalue weighted by Gasteiger charge is 2.34. The zero-order valence-electron chi connectivity index (χ0n) is 11.6. The monoisotopic (exact) mass is 254 g/mol.